The maximum absolute atomic E-state index is 12.8. The number of hydrogen-bond acceptors (Lipinski definition) is 4. The Morgan fingerprint density at radius 1 is 1.38 bits per heavy atom. The van der Waals surface area contributed by atoms with Crippen molar-refractivity contribution in [2.75, 3.05) is 26.3 Å². The van der Waals surface area contributed by atoms with Gasteiger partial charge in [0, 0.05) is 30.7 Å². The summed E-state index contributed by atoms with van der Waals surface area (Å²) < 4.78 is 6.65. The van der Waals surface area contributed by atoms with Gasteiger partial charge in [0.05, 0.1) is 22.3 Å². The minimum Gasteiger partial charge on any atom is -0.381 e. The summed E-state index contributed by atoms with van der Waals surface area (Å²) >= 11 is 1.58. The molecule has 5 heteroatoms. The zero-order valence-corrected chi connectivity index (χ0v) is 12.7. The van der Waals surface area contributed by atoms with E-state index in [0.717, 1.165) is 54.9 Å². The molecule has 0 unspecified atom stereocenters. The number of thiazole rings is 1. The van der Waals surface area contributed by atoms with Crippen LogP contribution in [0.15, 0.2) is 23.7 Å². The molecule has 1 atom stereocenters. The van der Waals surface area contributed by atoms with Crippen molar-refractivity contribution in [2.24, 2.45) is 5.41 Å². The Labute approximate surface area is 127 Å². The number of aromatic nitrogens is 1. The molecule has 0 N–H and O–H groups in total. The SMILES string of the molecule is O=C(c1ccc2ncsc2c1)N1CCC[C@@]2(CCOC2)C1. The van der Waals surface area contributed by atoms with Crippen LogP contribution in [0.4, 0.5) is 0 Å². The third-order valence-corrected chi connectivity index (χ3v) is 5.50. The first-order valence-electron chi connectivity index (χ1n) is 7.46. The fourth-order valence-electron chi connectivity index (χ4n) is 3.52. The first-order valence-corrected chi connectivity index (χ1v) is 8.34. The number of rotatable bonds is 1. The molecule has 4 nitrogen and oxygen atoms in total. The van der Waals surface area contributed by atoms with E-state index in [-0.39, 0.29) is 11.3 Å². The van der Waals surface area contributed by atoms with Crippen molar-refractivity contribution >= 4 is 27.5 Å². The third-order valence-electron chi connectivity index (χ3n) is 4.71. The summed E-state index contributed by atoms with van der Waals surface area (Å²) in [6.45, 7) is 3.35. The van der Waals surface area contributed by atoms with E-state index >= 15 is 0 Å². The molecule has 1 spiro atoms. The van der Waals surface area contributed by atoms with Crippen LogP contribution in [0.3, 0.4) is 0 Å². The van der Waals surface area contributed by atoms with Crippen LogP contribution in [0.1, 0.15) is 29.6 Å². The van der Waals surface area contributed by atoms with Crippen LogP contribution < -0.4 is 0 Å². The number of hydrogen-bond donors (Lipinski definition) is 0. The van der Waals surface area contributed by atoms with E-state index in [2.05, 4.69) is 4.98 Å². The van der Waals surface area contributed by atoms with Crippen LogP contribution in [0, 0.1) is 5.41 Å². The molecular weight excluding hydrogens is 284 g/mol. The Bertz CT molecular complexity index is 676. The van der Waals surface area contributed by atoms with Gasteiger partial charge in [-0.25, -0.2) is 4.98 Å². The molecule has 2 aliphatic heterocycles. The van der Waals surface area contributed by atoms with Gasteiger partial charge < -0.3 is 9.64 Å². The summed E-state index contributed by atoms with van der Waals surface area (Å²) in [5.74, 6) is 0.149. The molecule has 1 aromatic carbocycles. The van der Waals surface area contributed by atoms with Crippen molar-refractivity contribution in [1.82, 2.24) is 9.88 Å². The summed E-state index contributed by atoms with van der Waals surface area (Å²) in [4.78, 5) is 19.1. The summed E-state index contributed by atoms with van der Waals surface area (Å²) in [5.41, 5.74) is 3.78. The zero-order valence-electron chi connectivity index (χ0n) is 11.9. The van der Waals surface area contributed by atoms with Gasteiger partial charge in [0.2, 0.25) is 0 Å². The average Bonchev–Trinajstić information content (AvgIpc) is 3.15. The lowest BCUT2D eigenvalue weighted by molar-refractivity contribution is 0.0463. The van der Waals surface area contributed by atoms with Gasteiger partial charge in [0.1, 0.15) is 0 Å². The minimum atomic E-state index is 0.149. The highest BCUT2D eigenvalue weighted by Crippen LogP contribution is 2.38. The number of fused-ring (bicyclic) bond motifs is 1. The Morgan fingerprint density at radius 3 is 3.19 bits per heavy atom. The van der Waals surface area contributed by atoms with Crippen LogP contribution in [-0.2, 0) is 4.74 Å². The molecule has 1 aromatic heterocycles. The molecule has 0 saturated carbocycles. The molecule has 0 aliphatic carbocycles. The van der Waals surface area contributed by atoms with Crippen molar-refractivity contribution in [3.05, 3.63) is 29.3 Å². The number of amides is 1. The molecule has 2 fully saturated rings. The molecule has 21 heavy (non-hydrogen) atoms. The predicted molar refractivity (Wildman–Crippen MR) is 82.6 cm³/mol. The van der Waals surface area contributed by atoms with Crippen LogP contribution in [0.5, 0.6) is 0 Å². The highest BCUT2D eigenvalue weighted by Gasteiger charge is 2.40. The molecule has 2 aliphatic rings. The van der Waals surface area contributed by atoms with Crippen molar-refractivity contribution < 1.29 is 9.53 Å². The van der Waals surface area contributed by atoms with Crippen molar-refractivity contribution in [1.29, 1.82) is 0 Å². The van der Waals surface area contributed by atoms with E-state index in [1.165, 1.54) is 6.42 Å². The highest BCUT2D eigenvalue weighted by atomic mass is 32.1. The molecule has 0 bridgehead atoms. The molecule has 3 heterocycles. The zero-order chi connectivity index (χ0) is 14.3. The van der Waals surface area contributed by atoms with E-state index in [0.29, 0.717) is 0 Å². The molecule has 4 rings (SSSR count). The van der Waals surface area contributed by atoms with E-state index < -0.39 is 0 Å². The van der Waals surface area contributed by atoms with Gasteiger partial charge in [-0.3, -0.25) is 4.79 Å². The van der Waals surface area contributed by atoms with Gasteiger partial charge in [0.25, 0.3) is 5.91 Å². The van der Waals surface area contributed by atoms with Crippen molar-refractivity contribution in [3.8, 4) is 0 Å². The standard InChI is InChI=1S/C16H18N2O2S/c19-15(12-2-3-13-14(8-12)21-11-17-13)18-6-1-4-16(9-18)5-7-20-10-16/h2-3,8,11H,1,4-7,9-10H2/t16-/m1/s1. The van der Waals surface area contributed by atoms with E-state index in [1.54, 1.807) is 11.3 Å². The maximum Gasteiger partial charge on any atom is 0.253 e. The topological polar surface area (TPSA) is 42.4 Å². The maximum atomic E-state index is 12.8. The number of nitrogens with zero attached hydrogens (tertiary/aromatic N) is 2. The second-order valence-electron chi connectivity index (χ2n) is 6.17. The lowest BCUT2D eigenvalue weighted by Crippen LogP contribution is -2.46. The largest absolute Gasteiger partial charge is 0.381 e. The fraction of sp³-hybridized carbons (Fsp3) is 0.500. The Hall–Kier alpha value is -1.46. The number of likely N-dealkylation sites (tertiary alicyclic amines) is 1. The van der Waals surface area contributed by atoms with Gasteiger partial charge >= 0.3 is 0 Å². The van der Waals surface area contributed by atoms with Crippen LogP contribution in [0.25, 0.3) is 10.2 Å². The first kappa shape index (κ1) is 13.2. The predicted octanol–water partition coefficient (Wildman–Crippen LogP) is 2.94. The number of carbonyl (C=O) groups excluding carboxylic acids is 1. The van der Waals surface area contributed by atoms with Gasteiger partial charge in [0.15, 0.2) is 0 Å². The van der Waals surface area contributed by atoms with Gasteiger partial charge in [-0.1, -0.05) is 0 Å². The normalized spacial score (nSPS) is 25.8. The molecule has 110 valence electrons. The van der Waals surface area contributed by atoms with Crippen LogP contribution in [-0.4, -0.2) is 42.1 Å². The second-order valence-corrected chi connectivity index (χ2v) is 7.05. The monoisotopic (exact) mass is 302 g/mol. The van der Waals surface area contributed by atoms with Crippen LogP contribution >= 0.6 is 11.3 Å². The number of benzene rings is 1. The Kier molecular flexibility index (Phi) is 3.19. The molecule has 0 radical (unpaired) electrons. The lowest BCUT2D eigenvalue weighted by atomic mass is 9.79. The van der Waals surface area contributed by atoms with E-state index in [1.807, 2.05) is 28.6 Å². The average molecular weight is 302 g/mol. The van der Waals surface area contributed by atoms with Crippen LogP contribution in [0.2, 0.25) is 0 Å². The third kappa shape index (κ3) is 2.34. The first-order chi connectivity index (χ1) is 10.3. The highest BCUT2D eigenvalue weighted by molar-refractivity contribution is 7.16. The van der Waals surface area contributed by atoms with Crippen molar-refractivity contribution in [3.63, 3.8) is 0 Å². The summed E-state index contributed by atoms with van der Waals surface area (Å²) in [6.07, 6.45) is 3.35. The summed E-state index contributed by atoms with van der Waals surface area (Å²) in [6, 6.07) is 5.82. The minimum absolute atomic E-state index is 0.149. The van der Waals surface area contributed by atoms with Gasteiger partial charge in [-0.2, -0.15) is 0 Å². The number of piperidine rings is 1. The van der Waals surface area contributed by atoms with E-state index in [9.17, 15) is 4.79 Å². The number of ether oxygens (including phenoxy) is 1. The van der Waals surface area contributed by atoms with Crippen molar-refractivity contribution in [2.45, 2.75) is 19.3 Å². The smallest absolute Gasteiger partial charge is 0.253 e. The molecule has 1 amide bonds. The molecule has 2 saturated heterocycles. The number of carbonyl (C=O) groups is 1. The van der Waals surface area contributed by atoms with E-state index in [4.69, 9.17) is 4.74 Å². The van der Waals surface area contributed by atoms with Gasteiger partial charge in [-0.05, 0) is 37.5 Å². The lowest BCUT2D eigenvalue weighted by Gasteiger charge is -2.39. The Morgan fingerprint density at radius 2 is 2.33 bits per heavy atom. The second kappa shape index (κ2) is 5.07. The quantitative estimate of drug-likeness (QED) is 0.813. The fourth-order valence-corrected chi connectivity index (χ4v) is 4.24. The summed E-state index contributed by atoms with van der Waals surface area (Å²) in [7, 11) is 0. The van der Waals surface area contributed by atoms with Gasteiger partial charge in [-0.15, -0.1) is 11.3 Å². The Balaban J connectivity index is 1.58. The summed E-state index contributed by atoms with van der Waals surface area (Å²) in [5, 5.41) is 0. The molecular formula is C16H18N2O2S. The molecule has 2 aromatic rings.